The van der Waals surface area contributed by atoms with Gasteiger partial charge in [0.2, 0.25) is 5.16 Å². The normalized spacial score (nSPS) is 17.1. The maximum Gasteiger partial charge on any atom is 0.253 e. The summed E-state index contributed by atoms with van der Waals surface area (Å²) < 4.78 is 6.79. The van der Waals surface area contributed by atoms with Gasteiger partial charge in [-0.05, 0) is 36.3 Å². The highest BCUT2D eigenvalue weighted by Gasteiger charge is 2.28. The lowest BCUT2D eigenvalue weighted by atomic mass is 9.82. The van der Waals surface area contributed by atoms with E-state index in [0.717, 1.165) is 23.4 Å². The molecule has 4 rings (SSSR count). The Morgan fingerprint density at radius 1 is 1.21 bits per heavy atom. The van der Waals surface area contributed by atoms with Crippen molar-refractivity contribution < 1.29 is 9.53 Å². The summed E-state index contributed by atoms with van der Waals surface area (Å²) in [6.07, 6.45) is 4.89. The van der Waals surface area contributed by atoms with Crippen molar-refractivity contribution in [2.24, 2.45) is 0 Å². The van der Waals surface area contributed by atoms with Crippen LogP contribution in [-0.2, 0) is 6.42 Å². The van der Waals surface area contributed by atoms with Crippen LogP contribution in [0.15, 0.2) is 35.6 Å². The zero-order chi connectivity index (χ0) is 16.7. The van der Waals surface area contributed by atoms with Crippen LogP contribution in [0.5, 0.6) is 5.75 Å². The van der Waals surface area contributed by atoms with Gasteiger partial charge in [0.25, 0.3) is 5.78 Å². The summed E-state index contributed by atoms with van der Waals surface area (Å²) >= 11 is 1.46. The van der Waals surface area contributed by atoms with Crippen LogP contribution < -0.4 is 4.74 Å². The lowest BCUT2D eigenvalue weighted by Crippen LogP contribution is -2.21. The summed E-state index contributed by atoms with van der Waals surface area (Å²) in [5.74, 6) is 1.59. The van der Waals surface area contributed by atoms with Gasteiger partial charge < -0.3 is 4.74 Å². The molecule has 24 heavy (non-hydrogen) atoms. The second kappa shape index (κ2) is 5.90. The van der Waals surface area contributed by atoms with Crippen molar-refractivity contribution in [1.29, 1.82) is 0 Å². The van der Waals surface area contributed by atoms with Crippen LogP contribution in [0.3, 0.4) is 0 Å². The number of aromatic nitrogens is 4. The summed E-state index contributed by atoms with van der Waals surface area (Å²) in [6, 6.07) is 7.89. The van der Waals surface area contributed by atoms with E-state index in [1.807, 2.05) is 30.5 Å². The molecule has 0 N–H and O–H groups in total. The van der Waals surface area contributed by atoms with E-state index in [4.69, 9.17) is 4.74 Å². The Hall–Kier alpha value is -2.41. The Kier molecular flexibility index (Phi) is 3.72. The molecule has 2 heterocycles. The first-order chi connectivity index (χ1) is 11.7. The van der Waals surface area contributed by atoms with E-state index in [0.29, 0.717) is 22.9 Å². The van der Waals surface area contributed by atoms with Gasteiger partial charge in [-0.25, -0.2) is 9.50 Å². The van der Waals surface area contributed by atoms with E-state index in [1.54, 1.807) is 17.8 Å². The average molecular weight is 340 g/mol. The van der Waals surface area contributed by atoms with Gasteiger partial charge in [0, 0.05) is 12.6 Å². The van der Waals surface area contributed by atoms with Crippen molar-refractivity contribution in [3.8, 4) is 5.75 Å². The van der Waals surface area contributed by atoms with E-state index in [1.165, 1.54) is 11.8 Å². The molecule has 0 aliphatic heterocycles. The molecule has 3 aromatic rings. The molecule has 0 unspecified atom stereocenters. The summed E-state index contributed by atoms with van der Waals surface area (Å²) in [4.78, 5) is 21.5. The van der Waals surface area contributed by atoms with Crippen LogP contribution >= 0.6 is 11.8 Å². The summed E-state index contributed by atoms with van der Waals surface area (Å²) in [7, 11) is 1.64. The van der Waals surface area contributed by atoms with Gasteiger partial charge in [-0.2, -0.15) is 4.98 Å². The predicted octanol–water partition coefficient (Wildman–Crippen LogP) is 2.77. The summed E-state index contributed by atoms with van der Waals surface area (Å²) in [6.45, 7) is 0. The molecule has 1 aliphatic carbocycles. The van der Waals surface area contributed by atoms with Gasteiger partial charge in [0.15, 0.2) is 5.78 Å². The zero-order valence-corrected chi connectivity index (χ0v) is 14.2. The second-order valence-corrected chi connectivity index (χ2v) is 6.52. The molecular formula is C17H16N4O2S. The number of rotatable bonds is 3. The minimum absolute atomic E-state index is 0.104. The number of methoxy groups -OCH3 is 1. The van der Waals surface area contributed by atoms with Gasteiger partial charge in [-0.3, -0.25) is 4.79 Å². The predicted molar refractivity (Wildman–Crippen MR) is 90.9 cm³/mol. The maximum atomic E-state index is 12.6. The quantitative estimate of drug-likeness (QED) is 0.683. The second-order valence-electron chi connectivity index (χ2n) is 5.75. The van der Waals surface area contributed by atoms with Crippen LogP contribution in [0.2, 0.25) is 0 Å². The molecular weight excluding hydrogens is 324 g/mol. The minimum Gasteiger partial charge on any atom is -0.497 e. The van der Waals surface area contributed by atoms with Gasteiger partial charge in [0.1, 0.15) is 5.75 Å². The number of ether oxygens (including phenoxy) is 1. The molecule has 1 aliphatic rings. The third kappa shape index (κ3) is 2.54. The number of benzene rings is 1. The molecule has 0 saturated heterocycles. The Morgan fingerprint density at radius 3 is 2.71 bits per heavy atom. The molecule has 0 spiro atoms. The highest BCUT2D eigenvalue weighted by molar-refractivity contribution is 7.98. The molecule has 0 fully saturated rings. The number of ketones is 1. The first-order valence-corrected chi connectivity index (χ1v) is 8.88. The number of hydrogen-bond acceptors (Lipinski definition) is 6. The molecule has 0 radical (unpaired) electrons. The van der Waals surface area contributed by atoms with Crippen LogP contribution in [0.1, 0.15) is 34.0 Å². The Bertz CT molecular complexity index is 920. The third-order valence-corrected chi connectivity index (χ3v) is 4.87. The lowest BCUT2D eigenvalue weighted by Gasteiger charge is -2.23. The summed E-state index contributed by atoms with van der Waals surface area (Å²) in [5.41, 5.74) is 2.59. The standard InChI is InChI=1S/C17H16N4O2S/c1-23-12-5-3-10(4-6-12)11-7-14-13(15(22)8-11)9-21-16(18-14)19-17(20-21)24-2/h3-6,9,11H,7-8H2,1-2H3/t11-/m1/s1. The number of fused-ring (bicyclic) bond motifs is 2. The number of carbonyl (C=O) groups excluding carboxylic acids is 1. The number of carbonyl (C=O) groups is 1. The highest BCUT2D eigenvalue weighted by atomic mass is 32.2. The molecule has 0 saturated carbocycles. The van der Waals surface area contributed by atoms with Gasteiger partial charge >= 0.3 is 0 Å². The van der Waals surface area contributed by atoms with Crippen molar-refractivity contribution in [3.05, 3.63) is 47.3 Å². The molecule has 6 nitrogen and oxygen atoms in total. The first kappa shape index (κ1) is 15.1. The molecule has 2 aromatic heterocycles. The molecule has 7 heteroatoms. The van der Waals surface area contributed by atoms with Crippen LogP contribution in [0.25, 0.3) is 5.78 Å². The smallest absolute Gasteiger partial charge is 0.253 e. The zero-order valence-electron chi connectivity index (χ0n) is 13.4. The van der Waals surface area contributed by atoms with Crippen molar-refractivity contribution in [2.45, 2.75) is 23.9 Å². The van der Waals surface area contributed by atoms with Crippen molar-refractivity contribution in [2.75, 3.05) is 13.4 Å². The van der Waals surface area contributed by atoms with Crippen LogP contribution in [0.4, 0.5) is 0 Å². The van der Waals surface area contributed by atoms with Gasteiger partial charge in [-0.1, -0.05) is 23.9 Å². The molecule has 1 aromatic carbocycles. The highest BCUT2D eigenvalue weighted by Crippen LogP contribution is 2.32. The number of Topliss-reactive ketones (excluding diaryl/α,β-unsaturated/α-hetero) is 1. The monoisotopic (exact) mass is 340 g/mol. The molecule has 122 valence electrons. The maximum absolute atomic E-state index is 12.6. The van der Waals surface area contributed by atoms with E-state index in [9.17, 15) is 4.79 Å². The van der Waals surface area contributed by atoms with Gasteiger partial charge in [-0.15, -0.1) is 5.10 Å². The lowest BCUT2D eigenvalue weighted by molar-refractivity contribution is 0.0962. The van der Waals surface area contributed by atoms with E-state index in [2.05, 4.69) is 15.1 Å². The largest absolute Gasteiger partial charge is 0.497 e. The molecule has 0 amide bonds. The Balaban J connectivity index is 1.71. The fourth-order valence-electron chi connectivity index (χ4n) is 3.06. The van der Waals surface area contributed by atoms with E-state index in [-0.39, 0.29) is 11.7 Å². The van der Waals surface area contributed by atoms with E-state index < -0.39 is 0 Å². The summed E-state index contributed by atoms with van der Waals surface area (Å²) in [5, 5.41) is 4.97. The van der Waals surface area contributed by atoms with E-state index >= 15 is 0 Å². The topological polar surface area (TPSA) is 69.4 Å². The van der Waals surface area contributed by atoms with Crippen LogP contribution in [-0.4, -0.2) is 38.7 Å². The van der Waals surface area contributed by atoms with Gasteiger partial charge in [0.05, 0.1) is 18.4 Å². The third-order valence-electron chi connectivity index (χ3n) is 4.33. The fourth-order valence-corrected chi connectivity index (χ4v) is 3.41. The number of nitrogens with zero attached hydrogens (tertiary/aromatic N) is 4. The molecule has 0 bridgehead atoms. The van der Waals surface area contributed by atoms with Crippen molar-refractivity contribution in [3.63, 3.8) is 0 Å². The number of thioether (sulfide) groups is 1. The SMILES string of the molecule is COc1ccc([C@H]2CC(=O)c3cn4nc(SC)nc4nc3C2)cc1. The molecule has 1 atom stereocenters. The van der Waals surface area contributed by atoms with Crippen molar-refractivity contribution in [1.82, 2.24) is 19.6 Å². The average Bonchev–Trinajstić information content (AvgIpc) is 3.02. The van der Waals surface area contributed by atoms with Crippen LogP contribution in [0, 0.1) is 0 Å². The Morgan fingerprint density at radius 2 is 2.00 bits per heavy atom. The number of hydrogen-bond donors (Lipinski definition) is 0. The first-order valence-electron chi connectivity index (χ1n) is 7.65. The fraction of sp³-hybridized carbons (Fsp3) is 0.294. The van der Waals surface area contributed by atoms with Crippen molar-refractivity contribution >= 4 is 23.3 Å². The Labute approximate surface area is 143 Å². The minimum atomic E-state index is 0.104.